The summed E-state index contributed by atoms with van der Waals surface area (Å²) >= 11 is 7.64. The van der Waals surface area contributed by atoms with Crippen LogP contribution in [0.25, 0.3) is 0 Å². The molecule has 0 bridgehead atoms. The number of halogens is 1. The summed E-state index contributed by atoms with van der Waals surface area (Å²) in [5.41, 5.74) is 0. The minimum Gasteiger partial charge on any atom is -0.468 e. The van der Waals surface area contributed by atoms with Crippen LogP contribution in [0.4, 0.5) is 0 Å². The fourth-order valence-electron chi connectivity index (χ4n) is 1.66. The molecule has 17 heavy (non-hydrogen) atoms. The van der Waals surface area contributed by atoms with Gasteiger partial charge in [-0.15, -0.1) is 11.3 Å². The summed E-state index contributed by atoms with van der Waals surface area (Å²) in [6.45, 7) is 6.03. The number of rotatable bonds is 6. The molecule has 0 N–H and O–H groups in total. The van der Waals surface area contributed by atoms with E-state index in [2.05, 4.69) is 29.0 Å². The average molecular weight is 268 g/mol. The van der Waals surface area contributed by atoms with E-state index >= 15 is 0 Å². The number of hydrogen-bond donors (Lipinski definition) is 0. The van der Waals surface area contributed by atoms with E-state index in [4.69, 9.17) is 16.0 Å². The minimum absolute atomic E-state index is 0.646. The topological polar surface area (TPSA) is 16.4 Å². The zero-order valence-electron chi connectivity index (χ0n) is 9.43. The Bertz CT molecular complexity index is 413. The Labute approximate surface area is 110 Å². The molecule has 2 heterocycles. The lowest BCUT2D eigenvalue weighted by molar-refractivity contribution is 0.260. The lowest BCUT2D eigenvalue weighted by atomic mass is 10.3. The second-order valence-corrected chi connectivity index (χ2v) is 5.39. The molecule has 0 aromatic carbocycles. The summed E-state index contributed by atoms with van der Waals surface area (Å²) in [4.78, 5) is 3.52. The SMILES string of the molecule is C=C(Cl)CN(Cc1ccco1)Cc1cccs1. The van der Waals surface area contributed by atoms with Gasteiger partial charge in [0, 0.05) is 23.0 Å². The normalized spacial score (nSPS) is 10.9. The summed E-state index contributed by atoms with van der Waals surface area (Å²) in [5.74, 6) is 0.944. The van der Waals surface area contributed by atoms with E-state index in [0.29, 0.717) is 11.6 Å². The monoisotopic (exact) mass is 267 g/mol. The molecule has 0 radical (unpaired) electrons. The summed E-state index contributed by atoms with van der Waals surface area (Å²) in [6.07, 6.45) is 1.69. The van der Waals surface area contributed by atoms with Gasteiger partial charge in [0.1, 0.15) is 5.76 Å². The average Bonchev–Trinajstić information content (AvgIpc) is 2.89. The Balaban J connectivity index is 2.00. The molecule has 2 aromatic rings. The predicted octanol–water partition coefficient (Wildman–Crippen LogP) is 4.10. The standard InChI is InChI=1S/C13H14ClNOS/c1-11(14)8-15(9-12-4-2-6-16-12)10-13-5-3-7-17-13/h2-7H,1,8-10H2. The molecule has 0 fully saturated rings. The van der Waals surface area contributed by atoms with Crippen LogP contribution >= 0.6 is 22.9 Å². The quantitative estimate of drug-likeness (QED) is 0.784. The van der Waals surface area contributed by atoms with Gasteiger partial charge in [-0.2, -0.15) is 0 Å². The van der Waals surface area contributed by atoms with E-state index in [0.717, 1.165) is 18.8 Å². The maximum Gasteiger partial charge on any atom is 0.117 e. The highest BCUT2D eigenvalue weighted by Gasteiger charge is 2.10. The third-order valence-corrected chi connectivity index (χ3v) is 3.29. The zero-order valence-corrected chi connectivity index (χ0v) is 11.0. The van der Waals surface area contributed by atoms with Crippen LogP contribution in [-0.4, -0.2) is 11.4 Å². The molecule has 0 aliphatic carbocycles. The highest BCUT2D eigenvalue weighted by atomic mass is 35.5. The van der Waals surface area contributed by atoms with Gasteiger partial charge in [0.2, 0.25) is 0 Å². The second-order valence-electron chi connectivity index (χ2n) is 3.82. The van der Waals surface area contributed by atoms with Crippen LogP contribution in [0.1, 0.15) is 10.6 Å². The predicted molar refractivity (Wildman–Crippen MR) is 72.1 cm³/mol. The molecule has 0 unspecified atom stereocenters. The van der Waals surface area contributed by atoms with Crippen LogP contribution in [0.3, 0.4) is 0 Å². The third kappa shape index (κ3) is 4.04. The molecule has 0 spiro atoms. The van der Waals surface area contributed by atoms with E-state index in [1.807, 2.05) is 12.1 Å². The zero-order chi connectivity index (χ0) is 12.1. The van der Waals surface area contributed by atoms with E-state index in [9.17, 15) is 0 Å². The first kappa shape index (κ1) is 12.4. The van der Waals surface area contributed by atoms with Crippen molar-refractivity contribution in [3.05, 3.63) is 58.2 Å². The van der Waals surface area contributed by atoms with Crippen LogP contribution in [-0.2, 0) is 13.1 Å². The first-order valence-electron chi connectivity index (χ1n) is 5.34. The van der Waals surface area contributed by atoms with Crippen molar-refractivity contribution in [1.82, 2.24) is 4.90 Å². The van der Waals surface area contributed by atoms with Crippen molar-refractivity contribution in [2.24, 2.45) is 0 Å². The molecule has 90 valence electrons. The number of furan rings is 1. The van der Waals surface area contributed by atoms with Gasteiger partial charge in [0.25, 0.3) is 0 Å². The van der Waals surface area contributed by atoms with E-state index in [1.165, 1.54) is 4.88 Å². The summed E-state index contributed by atoms with van der Waals surface area (Å²) < 4.78 is 5.35. The van der Waals surface area contributed by atoms with Gasteiger partial charge in [-0.3, -0.25) is 4.90 Å². The Morgan fingerprint density at radius 2 is 2.24 bits per heavy atom. The molecule has 0 saturated heterocycles. The maximum absolute atomic E-state index is 5.89. The van der Waals surface area contributed by atoms with Crippen molar-refractivity contribution in [3.63, 3.8) is 0 Å². The molecular weight excluding hydrogens is 254 g/mol. The van der Waals surface area contributed by atoms with E-state index < -0.39 is 0 Å². The van der Waals surface area contributed by atoms with Crippen molar-refractivity contribution < 1.29 is 4.42 Å². The number of hydrogen-bond acceptors (Lipinski definition) is 3. The van der Waals surface area contributed by atoms with Gasteiger partial charge in [-0.1, -0.05) is 24.2 Å². The molecule has 0 atom stereocenters. The minimum atomic E-state index is 0.646. The van der Waals surface area contributed by atoms with Crippen molar-refractivity contribution in [1.29, 1.82) is 0 Å². The van der Waals surface area contributed by atoms with Crippen molar-refractivity contribution in [3.8, 4) is 0 Å². The third-order valence-electron chi connectivity index (χ3n) is 2.31. The summed E-state index contributed by atoms with van der Waals surface area (Å²) in [6, 6.07) is 8.05. The van der Waals surface area contributed by atoms with Gasteiger partial charge in [-0.25, -0.2) is 0 Å². The van der Waals surface area contributed by atoms with Crippen molar-refractivity contribution in [2.45, 2.75) is 13.1 Å². The molecule has 0 saturated carbocycles. The maximum atomic E-state index is 5.89. The molecule has 2 nitrogen and oxygen atoms in total. The largest absolute Gasteiger partial charge is 0.468 e. The van der Waals surface area contributed by atoms with E-state index in [-0.39, 0.29) is 0 Å². The Morgan fingerprint density at radius 3 is 2.82 bits per heavy atom. The fourth-order valence-corrected chi connectivity index (χ4v) is 2.57. The van der Waals surface area contributed by atoms with Gasteiger partial charge in [0.15, 0.2) is 0 Å². The van der Waals surface area contributed by atoms with Crippen LogP contribution in [0.2, 0.25) is 0 Å². The Morgan fingerprint density at radius 1 is 1.35 bits per heavy atom. The lowest BCUT2D eigenvalue weighted by Gasteiger charge is -2.19. The van der Waals surface area contributed by atoms with Crippen LogP contribution < -0.4 is 0 Å². The second kappa shape index (κ2) is 6.05. The molecule has 4 heteroatoms. The molecule has 0 aliphatic heterocycles. The molecule has 2 rings (SSSR count). The first-order valence-corrected chi connectivity index (χ1v) is 6.60. The highest BCUT2D eigenvalue weighted by Crippen LogP contribution is 2.16. The highest BCUT2D eigenvalue weighted by molar-refractivity contribution is 7.09. The van der Waals surface area contributed by atoms with Crippen molar-refractivity contribution in [2.75, 3.05) is 6.54 Å². The Kier molecular flexibility index (Phi) is 4.42. The van der Waals surface area contributed by atoms with E-state index in [1.54, 1.807) is 17.6 Å². The van der Waals surface area contributed by atoms with Gasteiger partial charge in [-0.05, 0) is 23.6 Å². The van der Waals surface area contributed by atoms with Crippen LogP contribution in [0, 0.1) is 0 Å². The number of nitrogens with zero attached hydrogens (tertiary/aromatic N) is 1. The number of thiophene rings is 1. The van der Waals surface area contributed by atoms with Crippen LogP contribution in [0.5, 0.6) is 0 Å². The van der Waals surface area contributed by atoms with Crippen LogP contribution in [0.15, 0.2) is 51.9 Å². The molecular formula is C13H14ClNOS. The van der Waals surface area contributed by atoms with Gasteiger partial charge < -0.3 is 4.42 Å². The smallest absolute Gasteiger partial charge is 0.117 e. The fraction of sp³-hybridized carbons (Fsp3) is 0.231. The first-order chi connectivity index (χ1) is 8.24. The van der Waals surface area contributed by atoms with Gasteiger partial charge >= 0.3 is 0 Å². The lowest BCUT2D eigenvalue weighted by Crippen LogP contribution is -2.23. The van der Waals surface area contributed by atoms with Crippen molar-refractivity contribution >= 4 is 22.9 Å². The molecule has 0 amide bonds. The summed E-state index contributed by atoms with van der Waals surface area (Å²) in [7, 11) is 0. The molecule has 2 aromatic heterocycles. The Hall–Kier alpha value is -1.03. The summed E-state index contributed by atoms with van der Waals surface area (Å²) in [5, 5.41) is 2.73. The molecule has 0 aliphatic rings. The van der Waals surface area contributed by atoms with Gasteiger partial charge in [0.05, 0.1) is 12.8 Å².